The summed E-state index contributed by atoms with van der Waals surface area (Å²) in [7, 11) is 0. The van der Waals surface area contributed by atoms with Crippen LogP contribution in [0.25, 0.3) is 11.3 Å². The van der Waals surface area contributed by atoms with Gasteiger partial charge in [0.25, 0.3) is 0 Å². The van der Waals surface area contributed by atoms with Gasteiger partial charge in [-0.05, 0) is 36.5 Å². The van der Waals surface area contributed by atoms with Gasteiger partial charge in [-0.15, -0.1) is 0 Å². The third-order valence-corrected chi connectivity index (χ3v) is 3.08. The molecule has 2 aromatic rings. The summed E-state index contributed by atoms with van der Waals surface area (Å²) in [5, 5.41) is 0. The van der Waals surface area contributed by atoms with Crippen LogP contribution in [0, 0.1) is 4.77 Å². The number of aromatic nitrogens is 2. The smallest absolute Gasteiger partial charge is 0.431 e. The van der Waals surface area contributed by atoms with E-state index in [9.17, 15) is 13.2 Å². The molecule has 0 unspecified atom stereocenters. The topological polar surface area (TPSA) is 47.1 Å². The summed E-state index contributed by atoms with van der Waals surface area (Å²) in [6.45, 7) is 0.839. The number of aromatic amines is 1. The molecule has 4 nitrogen and oxygen atoms in total. The molecule has 0 amide bonds. The van der Waals surface area contributed by atoms with Crippen LogP contribution in [0.5, 0.6) is 11.5 Å². The summed E-state index contributed by atoms with van der Waals surface area (Å²) in [6.07, 6.45) is -4.51. The van der Waals surface area contributed by atoms with Gasteiger partial charge in [-0.1, -0.05) is 0 Å². The molecule has 1 aliphatic rings. The van der Waals surface area contributed by atoms with Gasteiger partial charge in [0.05, 0.1) is 5.69 Å². The highest BCUT2D eigenvalue weighted by molar-refractivity contribution is 7.71. The zero-order chi connectivity index (χ0) is 15.0. The summed E-state index contributed by atoms with van der Waals surface area (Å²) in [5.74, 6) is 1.04. The van der Waals surface area contributed by atoms with E-state index in [4.69, 9.17) is 21.7 Å². The van der Waals surface area contributed by atoms with Crippen molar-refractivity contribution in [2.45, 2.75) is 6.18 Å². The minimum atomic E-state index is -4.51. The van der Waals surface area contributed by atoms with Crippen molar-refractivity contribution in [3.8, 4) is 22.8 Å². The second-order valence-electron chi connectivity index (χ2n) is 4.34. The Labute approximate surface area is 122 Å². The SMILES string of the molecule is FC(F)(F)c1cc(-c2ccc3c(c2)OCCO3)nc(=S)[nH]1. The average molecular weight is 314 g/mol. The van der Waals surface area contributed by atoms with Gasteiger partial charge in [0.15, 0.2) is 16.3 Å². The molecular formula is C13H9F3N2O2S. The Morgan fingerprint density at radius 2 is 1.81 bits per heavy atom. The number of H-pyrrole nitrogens is 1. The van der Waals surface area contributed by atoms with Crippen LogP contribution in [0.15, 0.2) is 24.3 Å². The van der Waals surface area contributed by atoms with Gasteiger partial charge in [-0.2, -0.15) is 13.2 Å². The van der Waals surface area contributed by atoms with Crippen molar-refractivity contribution in [1.29, 1.82) is 0 Å². The lowest BCUT2D eigenvalue weighted by Crippen LogP contribution is -2.15. The van der Waals surface area contributed by atoms with Crippen molar-refractivity contribution in [3.05, 3.63) is 34.7 Å². The number of hydrogen-bond acceptors (Lipinski definition) is 4. The van der Waals surface area contributed by atoms with Crippen molar-refractivity contribution >= 4 is 12.2 Å². The fourth-order valence-electron chi connectivity index (χ4n) is 1.96. The summed E-state index contributed by atoms with van der Waals surface area (Å²) in [5.41, 5.74) is -0.333. The Morgan fingerprint density at radius 3 is 2.52 bits per heavy atom. The summed E-state index contributed by atoms with van der Waals surface area (Å²) >= 11 is 4.75. The summed E-state index contributed by atoms with van der Waals surface area (Å²) in [6, 6.07) is 5.76. The Balaban J connectivity index is 2.08. The summed E-state index contributed by atoms with van der Waals surface area (Å²) in [4.78, 5) is 5.97. The Morgan fingerprint density at radius 1 is 1.10 bits per heavy atom. The van der Waals surface area contributed by atoms with E-state index in [1.165, 1.54) is 0 Å². The fraction of sp³-hybridized carbons (Fsp3) is 0.231. The maximum absolute atomic E-state index is 12.8. The lowest BCUT2D eigenvalue weighted by atomic mass is 10.1. The number of ether oxygens (including phenoxy) is 2. The standard InChI is InChI=1S/C13H9F3N2O2S/c14-13(15,16)11-6-8(17-12(21)18-11)7-1-2-9-10(5-7)20-4-3-19-9/h1-2,5-6H,3-4H2,(H,17,18,21). The number of fused-ring (bicyclic) bond motifs is 1. The molecule has 0 spiro atoms. The van der Waals surface area contributed by atoms with E-state index in [1.807, 2.05) is 4.98 Å². The Hall–Kier alpha value is -2.09. The van der Waals surface area contributed by atoms with Crippen molar-refractivity contribution in [2.75, 3.05) is 13.2 Å². The van der Waals surface area contributed by atoms with E-state index in [-0.39, 0.29) is 10.5 Å². The van der Waals surface area contributed by atoms with E-state index in [0.717, 1.165) is 6.07 Å². The number of nitrogens with zero attached hydrogens (tertiary/aromatic N) is 1. The molecule has 0 saturated carbocycles. The van der Waals surface area contributed by atoms with E-state index < -0.39 is 11.9 Å². The molecule has 1 aromatic carbocycles. The molecule has 2 heterocycles. The number of hydrogen-bond donors (Lipinski definition) is 1. The molecule has 1 N–H and O–H groups in total. The minimum absolute atomic E-state index is 0.128. The van der Waals surface area contributed by atoms with Crippen LogP contribution in [0.4, 0.5) is 13.2 Å². The van der Waals surface area contributed by atoms with Crippen LogP contribution < -0.4 is 9.47 Å². The fourth-order valence-corrected chi connectivity index (χ4v) is 2.17. The number of rotatable bonds is 1. The molecule has 8 heteroatoms. The third kappa shape index (κ3) is 2.85. The molecule has 0 radical (unpaired) electrons. The molecule has 0 fully saturated rings. The van der Waals surface area contributed by atoms with Crippen LogP contribution in [0.3, 0.4) is 0 Å². The quantitative estimate of drug-likeness (QED) is 0.817. The molecular weight excluding hydrogens is 305 g/mol. The lowest BCUT2D eigenvalue weighted by Gasteiger charge is -2.18. The number of halogens is 3. The molecule has 0 bridgehead atoms. The molecule has 0 aliphatic carbocycles. The molecule has 1 aliphatic heterocycles. The predicted octanol–water partition coefficient (Wildman–Crippen LogP) is 3.60. The van der Waals surface area contributed by atoms with Crippen LogP contribution in [-0.4, -0.2) is 23.2 Å². The van der Waals surface area contributed by atoms with Crippen LogP contribution >= 0.6 is 12.2 Å². The average Bonchev–Trinajstić information content (AvgIpc) is 2.45. The van der Waals surface area contributed by atoms with Gasteiger partial charge in [-0.3, -0.25) is 0 Å². The van der Waals surface area contributed by atoms with Crippen LogP contribution in [-0.2, 0) is 6.18 Å². The van der Waals surface area contributed by atoms with E-state index >= 15 is 0 Å². The second-order valence-corrected chi connectivity index (χ2v) is 4.73. The van der Waals surface area contributed by atoms with Crippen molar-refractivity contribution in [1.82, 2.24) is 9.97 Å². The molecule has 21 heavy (non-hydrogen) atoms. The van der Waals surface area contributed by atoms with Gasteiger partial charge in [0.2, 0.25) is 0 Å². The molecule has 0 saturated heterocycles. The number of benzene rings is 1. The van der Waals surface area contributed by atoms with Crippen LogP contribution in [0.2, 0.25) is 0 Å². The molecule has 110 valence electrons. The van der Waals surface area contributed by atoms with Crippen molar-refractivity contribution in [3.63, 3.8) is 0 Å². The minimum Gasteiger partial charge on any atom is -0.486 e. The highest BCUT2D eigenvalue weighted by Crippen LogP contribution is 2.35. The Bertz CT molecular complexity index is 743. The van der Waals surface area contributed by atoms with Gasteiger partial charge < -0.3 is 14.5 Å². The maximum Gasteiger partial charge on any atom is 0.431 e. The second kappa shape index (κ2) is 5.03. The largest absolute Gasteiger partial charge is 0.486 e. The molecule has 3 rings (SSSR count). The Kier molecular flexibility index (Phi) is 3.32. The highest BCUT2D eigenvalue weighted by Gasteiger charge is 2.32. The van der Waals surface area contributed by atoms with Crippen LogP contribution in [0.1, 0.15) is 5.69 Å². The monoisotopic (exact) mass is 314 g/mol. The normalized spacial score (nSPS) is 14.0. The zero-order valence-electron chi connectivity index (χ0n) is 10.5. The van der Waals surface area contributed by atoms with Crippen molar-refractivity contribution < 1.29 is 22.6 Å². The molecule has 1 aromatic heterocycles. The van der Waals surface area contributed by atoms with E-state index in [2.05, 4.69) is 4.98 Å². The first-order valence-electron chi connectivity index (χ1n) is 6.02. The maximum atomic E-state index is 12.8. The zero-order valence-corrected chi connectivity index (χ0v) is 11.3. The number of nitrogens with one attached hydrogen (secondary N) is 1. The highest BCUT2D eigenvalue weighted by atomic mass is 32.1. The first-order valence-corrected chi connectivity index (χ1v) is 6.43. The van der Waals surface area contributed by atoms with E-state index in [1.54, 1.807) is 18.2 Å². The number of alkyl halides is 3. The third-order valence-electron chi connectivity index (χ3n) is 2.89. The summed E-state index contributed by atoms with van der Waals surface area (Å²) < 4.78 is 48.9. The van der Waals surface area contributed by atoms with Gasteiger partial charge >= 0.3 is 6.18 Å². The van der Waals surface area contributed by atoms with Gasteiger partial charge in [0.1, 0.15) is 18.9 Å². The first-order chi connectivity index (χ1) is 9.93. The first kappa shape index (κ1) is 13.9. The van der Waals surface area contributed by atoms with Gasteiger partial charge in [-0.25, -0.2) is 4.98 Å². The predicted molar refractivity (Wildman–Crippen MR) is 70.8 cm³/mol. The van der Waals surface area contributed by atoms with E-state index in [0.29, 0.717) is 30.3 Å². The lowest BCUT2D eigenvalue weighted by molar-refractivity contribution is -0.141. The molecule has 0 atom stereocenters. The van der Waals surface area contributed by atoms with Crippen molar-refractivity contribution in [2.24, 2.45) is 0 Å². The van der Waals surface area contributed by atoms with Gasteiger partial charge in [0, 0.05) is 5.56 Å².